The lowest BCUT2D eigenvalue weighted by Gasteiger charge is -2.39. The van der Waals surface area contributed by atoms with Gasteiger partial charge in [0.05, 0.1) is 20.3 Å². The van der Waals surface area contributed by atoms with Crippen LogP contribution in [0.1, 0.15) is 6.92 Å². The van der Waals surface area contributed by atoms with Crippen molar-refractivity contribution in [3.8, 4) is 34.3 Å². The number of aliphatic hydroxyl groups is 3. The van der Waals surface area contributed by atoms with Crippen molar-refractivity contribution >= 4 is 11.0 Å². The predicted molar refractivity (Wildman–Crippen MR) is 116 cm³/mol. The van der Waals surface area contributed by atoms with Gasteiger partial charge < -0.3 is 43.8 Å². The van der Waals surface area contributed by atoms with Gasteiger partial charge in [0.2, 0.25) is 6.29 Å². The van der Waals surface area contributed by atoms with Gasteiger partial charge in [-0.3, -0.25) is 4.79 Å². The minimum Gasteiger partial charge on any atom is -0.504 e. The Morgan fingerprint density at radius 1 is 0.909 bits per heavy atom. The van der Waals surface area contributed by atoms with Gasteiger partial charge in [-0.2, -0.15) is 0 Å². The third kappa shape index (κ3) is 4.21. The van der Waals surface area contributed by atoms with Crippen LogP contribution < -0.4 is 19.6 Å². The maximum atomic E-state index is 13.1. The van der Waals surface area contributed by atoms with E-state index in [9.17, 15) is 25.2 Å². The summed E-state index contributed by atoms with van der Waals surface area (Å²) in [4.78, 5) is 13.1. The lowest BCUT2D eigenvalue weighted by molar-refractivity contribution is -0.267. The van der Waals surface area contributed by atoms with Gasteiger partial charge in [0, 0.05) is 23.8 Å². The first-order valence-electron chi connectivity index (χ1n) is 10.1. The summed E-state index contributed by atoms with van der Waals surface area (Å²) in [6, 6.07) is 8.70. The molecule has 0 bridgehead atoms. The number of aliphatic hydroxyl groups excluding tert-OH is 3. The molecule has 1 aliphatic rings. The average molecular weight is 460 g/mol. The molecule has 5 atom stereocenters. The van der Waals surface area contributed by atoms with Gasteiger partial charge >= 0.3 is 0 Å². The Bertz CT molecular complexity index is 1220. The quantitative estimate of drug-likeness (QED) is 0.440. The molecule has 2 aromatic carbocycles. The van der Waals surface area contributed by atoms with Crippen molar-refractivity contribution in [2.24, 2.45) is 0 Å². The van der Waals surface area contributed by atoms with Gasteiger partial charge in [0.25, 0.3) is 0 Å². The molecule has 1 fully saturated rings. The molecule has 0 saturated carbocycles. The van der Waals surface area contributed by atoms with E-state index in [0.717, 1.165) is 0 Å². The van der Waals surface area contributed by atoms with Crippen molar-refractivity contribution in [3.63, 3.8) is 0 Å². The lowest BCUT2D eigenvalue weighted by atomic mass is 10.00. The smallest absolute Gasteiger partial charge is 0.229 e. The normalized spacial score (nSPS) is 25.1. The molecule has 10 heteroatoms. The molecule has 4 N–H and O–H groups in total. The first-order chi connectivity index (χ1) is 15.7. The number of hydrogen-bond acceptors (Lipinski definition) is 10. The molecule has 3 aromatic rings. The molecule has 0 amide bonds. The third-order valence-corrected chi connectivity index (χ3v) is 5.52. The molecule has 10 nitrogen and oxygen atoms in total. The highest BCUT2D eigenvalue weighted by Crippen LogP contribution is 2.36. The van der Waals surface area contributed by atoms with Gasteiger partial charge in [-0.1, -0.05) is 0 Å². The number of hydrogen-bond donors (Lipinski definition) is 4. The van der Waals surface area contributed by atoms with Crippen molar-refractivity contribution < 1.29 is 43.8 Å². The monoisotopic (exact) mass is 460 g/mol. The zero-order valence-corrected chi connectivity index (χ0v) is 18.1. The van der Waals surface area contributed by atoms with Gasteiger partial charge in [-0.15, -0.1) is 0 Å². The van der Waals surface area contributed by atoms with E-state index in [1.54, 1.807) is 6.07 Å². The second-order valence-corrected chi connectivity index (χ2v) is 7.66. The van der Waals surface area contributed by atoms with Crippen LogP contribution in [0.15, 0.2) is 45.6 Å². The van der Waals surface area contributed by atoms with E-state index in [2.05, 4.69) is 0 Å². The highest BCUT2D eigenvalue weighted by atomic mass is 16.7. The number of fused-ring (bicyclic) bond motifs is 1. The Kier molecular flexibility index (Phi) is 6.17. The van der Waals surface area contributed by atoms with Gasteiger partial charge in [0.15, 0.2) is 16.9 Å². The number of phenolic OH excluding ortho intramolecular Hbond substituents is 1. The maximum Gasteiger partial charge on any atom is 0.229 e. The SMILES string of the molecule is COc1cc(OC2OC(C)C(O)C(O)C2O)c2c(=O)cc(-c3ccc(O)c(OC)c3)oc2c1. The molecule has 1 aromatic heterocycles. The van der Waals surface area contributed by atoms with Crippen LogP contribution in [0.25, 0.3) is 22.3 Å². The Hall–Kier alpha value is -3.31. The van der Waals surface area contributed by atoms with Crippen molar-refractivity contribution in [1.82, 2.24) is 0 Å². The van der Waals surface area contributed by atoms with Crippen LogP contribution in [0.2, 0.25) is 0 Å². The first-order valence-corrected chi connectivity index (χ1v) is 10.1. The van der Waals surface area contributed by atoms with Crippen molar-refractivity contribution in [1.29, 1.82) is 0 Å². The Morgan fingerprint density at radius 2 is 1.67 bits per heavy atom. The summed E-state index contributed by atoms with van der Waals surface area (Å²) < 4.78 is 27.6. The van der Waals surface area contributed by atoms with E-state index in [-0.39, 0.29) is 34.0 Å². The number of aromatic hydroxyl groups is 1. The lowest BCUT2D eigenvalue weighted by Crippen LogP contribution is -2.58. The van der Waals surface area contributed by atoms with Crippen LogP contribution >= 0.6 is 0 Å². The molecule has 5 unspecified atom stereocenters. The van der Waals surface area contributed by atoms with Gasteiger partial charge in [-0.25, -0.2) is 0 Å². The van der Waals surface area contributed by atoms with E-state index < -0.39 is 36.1 Å². The molecule has 1 saturated heterocycles. The second kappa shape index (κ2) is 8.91. The third-order valence-electron chi connectivity index (χ3n) is 5.52. The minimum absolute atomic E-state index is 0.00720. The Morgan fingerprint density at radius 3 is 2.36 bits per heavy atom. The number of methoxy groups -OCH3 is 2. The highest BCUT2D eigenvalue weighted by Gasteiger charge is 2.43. The van der Waals surface area contributed by atoms with E-state index in [1.807, 2.05) is 0 Å². The van der Waals surface area contributed by atoms with E-state index >= 15 is 0 Å². The number of benzene rings is 2. The standard InChI is InChI=1S/C23H24O10/c1-10-20(26)21(27)22(28)23(31-10)33-18-8-12(29-2)7-17-19(18)14(25)9-15(32-17)11-4-5-13(24)16(6-11)30-3/h4-10,20-24,26-28H,1-3H3. The van der Waals surface area contributed by atoms with Crippen LogP contribution in [0.5, 0.6) is 23.0 Å². The number of phenols is 1. The predicted octanol–water partition coefficient (Wildman–Crippen LogP) is 1.39. The van der Waals surface area contributed by atoms with Crippen LogP contribution in [0.4, 0.5) is 0 Å². The Balaban J connectivity index is 1.79. The molecule has 1 aliphatic heterocycles. The number of ether oxygens (including phenoxy) is 4. The minimum atomic E-state index is -1.56. The fraction of sp³-hybridized carbons (Fsp3) is 0.348. The average Bonchev–Trinajstić information content (AvgIpc) is 2.80. The molecule has 0 radical (unpaired) electrons. The van der Waals surface area contributed by atoms with E-state index in [0.29, 0.717) is 11.3 Å². The summed E-state index contributed by atoms with van der Waals surface area (Å²) in [6.07, 6.45) is -6.53. The van der Waals surface area contributed by atoms with Crippen LogP contribution in [0, 0.1) is 0 Å². The fourth-order valence-electron chi connectivity index (χ4n) is 3.65. The summed E-state index contributed by atoms with van der Waals surface area (Å²) >= 11 is 0. The van der Waals surface area contributed by atoms with Crippen LogP contribution in [-0.4, -0.2) is 65.4 Å². The van der Waals surface area contributed by atoms with Crippen molar-refractivity contribution in [2.45, 2.75) is 37.6 Å². The van der Waals surface area contributed by atoms with Crippen molar-refractivity contribution in [2.75, 3.05) is 14.2 Å². The molecule has 33 heavy (non-hydrogen) atoms. The van der Waals surface area contributed by atoms with Crippen LogP contribution in [-0.2, 0) is 4.74 Å². The molecule has 4 rings (SSSR count). The first kappa shape index (κ1) is 22.9. The van der Waals surface area contributed by atoms with Gasteiger partial charge in [0.1, 0.15) is 46.5 Å². The Labute approximate surface area is 188 Å². The summed E-state index contributed by atoms with van der Waals surface area (Å²) in [5.74, 6) is 0.677. The summed E-state index contributed by atoms with van der Waals surface area (Å²) in [5.41, 5.74) is 0.179. The summed E-state index contributed by atoms with van der Waals surface area (Å²) in [5, 5.41) is 40.1. The summed E-state index contributed by atoms with van der Waals surface area (Å²) in [6.45, 7) is 1.52. The maximum absolute atomic E-state index is 13.1. The molecule has 176 valence electrons. The van der Waals surface area contributed by atoms with E-state index in [1.165, 1.54) is 51.5 Å². The zero-order chi connectivity index (χ0) is 23.9. The molecule has 0 aliphatic carbocycles. The van der Waals surface area contributed by atoms with Crippen LogP contribution in [0.3, 0.4) is 0 Å². The molecule has 2 heterocycles. The highest BCUT2D eigenvalue weighted by molar-refractivity contribution is 5.86. The number of rotatable bonds is 5. The van der Waals surface area contributed by atoms with E-state index in [4.69, 9.17) is 23.4 Å². The zero-order valence-electron chi connectivity index (χ0n) is 18.1. The fourth-order valence-corrected chi connectivity index (χ4v) is 3.65. The topological polar surface area (TPSA) is 148 Å². The second-order valence-electron chi connectivity index (χ2n) is 7.66. The molecule has 0 spiro atoms. The van der Waals surface area contributed by atoms with Crippen molar-refractivity contribution in [3.05, 3.63) is 46.6 Å². The molecular formula is C23H24O10. The summed E-state index contributed by atoms with van der Waals surface area (Å²) in [7, 11) is 2.83. The van der Waals surface area contributed by atoms with Gasteiger partial charge in [-0.05, 0) is 25.1 Å². The largest absolute Gasteiger partial charge is 0.504 e. The molecular weight excluding hydrogens is 436 g/mol.